The van der Waals surface area contributed by atoms with E-state index in [2.05, 4.69) is 20.8 Å². The minimum Gasteiger partial charge on any atom is -0.393 e. The molecular formula is C29H61O2P. The van der Waals surface area contributed by atoms with E-state index in [-0.39, 0.29) is 11.8 Å². The molecule has 0 spiro atoms. The van der Waals surface area contributed by atoms with Gasteiger partial charge in [-0.2, -0.15) is 0 Å². The van der Waals surface area contributed by atoms with Crippen molar-refractivity contribution < 1.29 is 9.67 Å². The first-order chi connectivity index (χ1) is 15.4. The van der Waals surface area contributed by atoms with E-state index in [4.69, 9.17) is 0 Å². The number of aliphatic hydroxyl groups is 1. The zero-order chi connectivity index (χ0) is 23.9. The van der Waals surface area contributed by atoms with Crippen molar-refractivity contribution in [3.05, 3.63) is 0 Å². The van der Waals surface area contributed by atoms with Gasteiger partial charge >= 0.3 is 0 Å². The molecule has 3 atom stereocenters. The Kier molecular flexibility index (Phi) is 23.1. The lowest BCUT2D eigenvalue weighted by Gasteiger charge is -2.23. The van der Waals surface area contributed by atoms with E-state index in [9.17, 15) is 9.67 Å². The Morgan fingerprint density at radius 1 is 0.562 bits per heavy atom. The second-order valence-corrected chi connectivity index (χ2v) is 14.4. The molecule has 0 amide bonds. The summed E-state index contributed by atoms with van der Waals surface area (Å²) in [6.45, 7) is 8.63. The number of aliphatic hydroxyl groups excluding tert-OH is 1. The predicted octanol–water partition coefficient (Wildman–Crippen LogP) is 10.4. The van der Waals surface area contributed by atoms with Gasteiger partial charge in [0.05, 0.1) is 13.2 Å². The van der Waals surface area contributed by atoms with Gasteiger partial charge in [-0.25, -0.2) is 0 Å². The van der Waals surface area contributed by atoms with Crippen LogP contribution in [0.1, 0.15) is 162 Å². The zero-order valence-electron chi connectivity index (χ0n) is 22.7. The molecule has 0 aromatic rings. The average molecular weight is 473 g/mol. The molecular weight excluding hydrogens is 411 g/mol. The van der Waals surface area contributed by atoms with Crippen LogP contribution in [-0.2, 0) is 4.57 Å². The molecule has 0 radical (unpaired) electrons. The molecule has 0 aliphatic heterocycles. The van der Waals surface area contributed by atoms with Crippen LogP contribution >= 0.6 is 7.14 Å². The fourth-order valence-electron chi connectivity index (χ4n) is 4.76. The maximum absolute atomic E-state index is 13.1. The van der Waals surface area contributed by atoms with Crippen molar-refractivity contribution in [1.82, 2.24) is 0 Å². The van der Waals surface area contributed by atoms with E-state index in [1.54, 1.807) is 0 Å². The van der Waals surface area contributed by atoms with Crippen molar-refractivity contribution in [2.45, 2.75) is 174 Å². The van der Waals surface area contributed by atoms with Crippen LogP contribution in [0.4, 0.5) is 0 Å². The predicted molar refractivity (Wildman–Crippen MR) is 147 cm³/mol. The van der Waals surface area contributed by atoms with Crippen molar-refractivity contribution in [2.24, 2.45) is 0 Å². The van der Waals surface area contributed by atoms with E-state index < -0.39 is 7.14 Å². The monoisotopic (exact) mass is 472 g/mol. The van der Waals surface area contributed by atoms with Gasteiger partial charge < -0.3 is 9.67 Å². The standard InChI is InChI=1S/C29H61O2P/c1-5-7-9-11-13-15-16-17-18-19-21-23-25-28(3)32(4,31)27-29(30)26-24-22-20-14-12-10-8-6-2/h28-30H,5-27H2,1-4H3. The Morgan fingerprint density at radius 2 is 0.875 bits per heavy atom. The SMILES string of the molecule is CCCCCCCCCCCCCCC(C)P(C)(=O)CC(O)CCCCCCCCCC. The van der Waals surface area contributed by atoms with Crippen LogP contribution in [0.15, 0.2) is 0 Å². The van der Waals surface area contributed by atoms with Gasteiger partial charge in [0.15, 0.2) is 0 Å². The van der Waals surface area contributed by atoms with Gasteiger partial charge in [0.2, 0.25) is 0 Å². The van der Waals surface area contributed by atoms with Crippen molar-refractivity contribution in [1.29, 1.82) is 0 Å². The smallest absolute Gasteiger partial charge is 0.0900 e. The molecule has 0 bridgehead atoms. The normalized spacial score (nSPS) is 15.5. The molecule has 3 heteroatoms. The summed E-state index contributed by atoms with van der Waals surface area (Å²) in [5, 5.41) is 10.4. The van der Waals surface area contributed by atoms with Gasteiger partial charge in [0, 0.05) is 11.8 Å². The van der Waals surface area contributed by atoms with Gasteiger partial charge in [-0.05, 0) is 19.5 Å². The molecule has 0 fully saturated rings. The zero-order valence-corrected chi connectivity index (χ0v) is 23.6. The van der Waals surface area contributed by atoms with Crippen LogP contribution in [0.25, 0.3) is 0 Å². The molecule has 0 saturated carbocycles. The van der Waals surface area contributed by atoms with Gasteiger partial charge in [-0.1, -0.05) is 149 Å². The lowest BCUT2D eigenvalue weighted by atomic mass is 10.0. The Morgan fingerprint density at radius 3 is 1.25 bits per heavy atom. The molecule has 0 aromatic heterocycles. The molecule has 0 heterocycles. The third-order valence-electron chi connectivity index (χ3n) is 7.37. The van der Waals surface area contributed by atoms with Gasteiger partial charge in [-0.3, -0.25) is 0 Å². The second kappa shape index (κ2) is 23.0. The van der Waals surface area contributed by atoms with E-state index >= 15 is 0 Å². The minimum atomic E-state index is -2.25. The summed E-state index contributed by atoms with van der Waals surface area (Å²) >= 11 is 0. The fraction of sp³-hybridized carbons (Fsp3) is 1.00. The molecule has 3 unspecified atom stereocenters. The molecule has 0 aliphatic rings. The molecule has 2 nitrogen and oxygen atoms in total. The van der Waals surface area contributed by atoms with E-state index in [0.717, 1.165) is 19.3 Å². The maximum Gasteiger partial charge on any atom is 0.0900 e. The summed E-state index contributed by atoms with van der Waals surface area (Å²) in [7, 11) is -2.25. The quantitative estimate of drug-likeness (QED) is 0.106. The highest BCUT2D eigenvalue weighted by molar-refractivity contribution is 7.63. The van der Waals surface area contributed by atoms with Gasteiger partial charge in [0.1, 0.15) is 0 Å². The Balaban J connectivity index is 3.63. The summed E-state index contributed by atoms with van der Waals surface area (Å²) in [5.41, 5.74) is 0.263. The Bertz CT molecular complexity index is 423. The summed E-state index contributed by atoms with van der Waals surface area (Å²) in [5.74, 6) is 0. The minimum absolute atomic E-state index is 0.263. The van der Waals surface area contributed by atoms with Gasteiger partial charge in [-0.15, -0.1) is 0 Å². The maximum atomic E-state index is 13.1. The second-order valence-electron chi connectivity index (χ2n) is 10.8. The summed E-state index contributed by atoms with van der Waals surface area (Å²) < 4.78 is 13.1. The summed E-state index contributed by atoms with van der Waals surface area (Å²) in [6, 6.07) is 0. The van der Waals surface area contributed by atoms with Crippen LogP contribution in [0.5, 0.6) is 0 Å². The summed E-state index contributed by atoms with van der Waals surface area (Å²) in [6.07, 6.45) is 28.8. The molecule has 0 aliphatic carbocycles. The molecule has 32 heavy (non-hydrogen) atoms. The number of unbranched alkanes of at least 4 members (excludes halogenated alkanes) is 18. The van der Waals surface area contributed by atoms with E-state index in [1.165, 1.54) is 122 Å². The van der Waals surface area contributed by atoms with E-state index in [0.29, 0.717) is 6.16 Å². The van der Waals surface area contributed by atoms with Crippen LogP contribution in [0.2, 0.25) is 0 Å². The van der Waals surface area contributed by atoms with Crippen LogP contribution in [0, 0.1) is 0 Å². The highest BCUT2D eigenvalue weighted by atomic mass is 31.2. The Hall–Kier alpha value is 0.190. The van der Waals surface area contributed by atoms with Crippen molar-refractivity contribution in [2.75, 3.05) is 12.8 Å². The van der Waals surface area contributed by atoms with Crippen molar-refractivity contribution in [3.8, 4) is 0 Å². The third-order valence-corrected chi connectivity index (χ3v) is 10.6. The van der Waals surface area contributed by atoms with Crippen LogP contribution in [-0.4, -0.2) is 29.7 Å². The van der Waals surface area contributed by atoms with Crippen LogP contribution < -0.4 is 0 Å². The first kappa shape index (κ1) is 32.2. The fourth-order valence-corrected chi connectivity index (χ4v) is 6.87. The molecule has 0 saturated heterocycles. The largest absolute Gasteiger partial charge is 0.393 e. The number of rotatable bonds is 25. The number of hydrogen-bond donors (Lipinski definition) is 1. The molecule has 0 rings (SSSR count). The van der Waals surface area contributed by atoms with Crippen molar-refractivity contribution >= 4 is 7.14 Å². The first-order valence-electron chi connectivity index (χ1n) is 14.7. The lowest BCUT2D eigenvalue weighted by molar-refractivity contribution is 0.182. The topological polar surface area (TPSA) is 37.3 Å². The van der Waals surface area contributed by atoms with Crippen LogP contribution in [0.3, 0.4) is 0 Å². The van der Waals surface area contributed by atoms with Crippen molar-refractivity contribution in [3.63, 3.8) is 0 Å². The Labute approximate surface area is 203 Å². The average Bonchev–Trinajstić information content (AvgIpc) is 2.75. The van der Waals surface area contributed by atoms with E-state index in [1.807, 2.05) is 6.66 Å². The molecule has 194 valence electrons. The summed E-state index contributed by atoms with van der Waals surface area (Å²) in [4.78, 5) is 0. The number of hydrogen-bond acceptors (Lipinski definition) is 2. The molecule has 0 aromatic carbocycles. The third kappa shape index (κ3) is 20.8. The lowest BCUT2D eigenvalue weighted by Crippen LogP contribution is -2.17. The highest BCUT2D eigenvalue weighted by Crippen LogP contribution is 2.49. The first-order valence-corrected chi connectivity index (χ1v) is 17.1. The highest BCUT2D eigenvalue weighted by Gasteiger charge is 2.26. The molecule has 1 N–H and O–H groups in total. The van der Waals surface area contributed by atoms with Gasteiger partial charge in [0.25, 0.3) is 0 Å².